The molecule has 0 saturated heterocycles. The maximum absolute atomic E-state index is 10.6. The monoisotopic (exact) mass is 262 g/mol. The molecule has 3 nitrogen and oxygen atoms in total. The zero-order chi connectivity index (χ0) is 13.8. The van der Waals surface area contributed by atoms with Gasteiger partial charge in [-0.2, -0.15) is 0 Å². The second kappa shape index (κ2) is 6.09. The van der Waals surface area contributed by atoms with Crippen LogP contribution in [0.15, 0.2) is 12.1 Å². The van der Waals surface area contributed by atoms with Crippen molar-refractivity contribution >= 4 is 5.97 Å². The number of carboxylic acid groups (broad SMARTS) is 1. The van der Waals surface area contributed by atoms with Gasteiger partial charge in [-0.1, -0.05) is 17.7 Å². The molecule has 3 heteroatoms. The first-order valence-corrected chi connectivity index (χ1v) is 7.01. The van der Waals surface area contributed by atoms with Gasteiger partial charge < -0.3 is 9.84 Å². The van der Waals surface area contributed by atoms with Gasteiger partial charge in [-0.15, -0.1) is 0 Å². The van der Waals surface area contributed by atoms with Crippen molar-refractivity contribution in [1.82, 2.24) is 0 Å². The van der Waals surface area contributed by atoms with Crippen LogP contribution in [-0.4, -0.2) is 17.7 Å². The molecule has 104 valence electrons. The number of rotatable bonds is 7. The molecule has 0 bridgehead atoms. The molecule has 0 aliphatic heterocycles. The average Bonchev–Trinajstić information content (AvgIpc) is 3.11. The minimum absolute atomic E-state index is 0.217. The molecule has 1 aliphatic rings. The van der Waals surface area contributed by atoms with Gasteiger partial charge in [0.2, 0.25) is 0 Å². The molecule has 0 unspecified atom stereocenters. The summed E-state index contributed by atoms with van der Waals surface area (Å²) in [6.45, 7) is 4.93. The highest BCUT2D eigenvalue weighted by molar-refractivity contribution is 5.66. The van der Waals surface area contributed by atoms with Crippen LogP contribution in [-0.2, 0) is 11.2 Å². The van der Waals surface area contributed by atoms with E-state index in [-0.39, 0.29) is 6.42 Å². The Morgan fingerprint density at radius 3 is 2.74 bits per heavy atom. The first-order valence-electron chi connectivity index (χ1n) is 7.01. The summed E-state index contributed by atoms with van der Waals surface area (Å²) in [6.07, 6.45) is 4.21. The standard InChI is InChI=1S/C16H22O3/c1-11-8-12(2)16(19-10-13-6-7-13)14(9-11)4-3-5-15(17)18/h8-9,13H,3-7,10H2,1-2H3,(H,17,18). The highest BCUT2D eigenvalue weighted by Gasteiger charge is 2.22. The van der Waals surface area contributed by atoms with E-state index in [1.54, 1.807) is 0 Å². The normalized spacial score (nSPS) is 14.4. The van der Waals surface area contributed by atoms with Gasteiger partial charge in [0.1, 0.15) is 5.75 Å². The molecule has 0 radical (unpaired) electrons. The Hall–Kier alpha value is -1.51. The van der Waals surface area contributed by atoms with Crippen LogP contribution in [0, 0.1) is 19.8 Å². The number of benzene rings is 1. The largest absolute Gasteiger partial charge is 0.493 e. The van der Waals surface area contributed by atoms with E-state index >= 15 is 0 Å². The second-order valence-corrected chi connectivity index (χ2v) is 5.57. The van der Waals surface area contributed by atoms with Crippen molar-refractivity contribution in [2.24, 2.45) is 5.92 Å². The van der Waals surface area contributed by atoms with Crippen molar-refractivity contribution in [3.63, 3.8) is 0 Å². The van der Waals surface area contributed by atoms with Crippen LogP contribution in [0.3, 0.4) is 0 Å². The first-order chi connectivity index (χ1) is 9.06. The molecule has 1 saturated carbocycles. The van der Waals surface area contributed by atoms with Gasteiger partial charge in [0.05, 0.1) is 6.61 Å². The van der Waals surface area contributed by atoms with Gasteiger partial charge in [0.15, 0.2) is 0 Å². The molecule has 0 spiro atoms. The van der Waals surface area contributed by atoms with E-state index in [9.17, 15) is 4.79 Å². The number of carbonyl (C=O) groups is 1. The summed E-state index contributed by atoms with van der Waals surface area (Å²) in [4.78, 5) is 10.6. The molecular weight excluding hydrogens is 240 g/mol. The molecule has 1 aromatic rings. The fourth-order valence-electron chi connectivity index (χ4n) is 2.35. The fourth-order valence-corrected chi connectivity index (χ4v) is 2.35. The number of carboxylic acids is 1. The van der Waals surface area contributed by atoms with Crippen LogP contribution in [0.5, 0.6) is 5.75 Å². The lowest BCUT2D eigenvalue weighted by Crippen LogP contribution is -2.05. The highest BCUT2D eigenvalue weighted by Crippen LogP contribution is 2.32. The van der Waals surface area contributed by atoms with Crippen molar-refractivity contribution < 1.29 is 14.6 Å². The first kappa shape index (κ1) is 13.9. The Bertz CT molecular complexity index is 461. The third-order valence-corrected chi connectivity index (χ3v) is 3.49. The summed E-state index contributed by atoms with van der Waals surface area (Å²) in [7, 11) is 0. The van der Waals surface area contributed by atoms with Crippen LogP contribution >= 0.6 is 0 Å². The molecule has 0 amide bonds. The van der Waals surface area contributed by atoms with Crippen LogP contribution in [0.2, 0.25) is 0 Å². The highest BCUT2D eigenvalue weighted by atomic mass is 16.5. The number of ether oxygens (including phenoxy) is 1. The van der Waals surface area contributed by atoms with Gasteiger partial charge in [-0.25, -0.2) is 0 Å². The molecule has 19 heavy (non-hydrogen) atoms. The van der Waals surface area contributed by atoms with Crippen LogP contribution in [0.1, 0.15) is 42.4 Å². The molecule has 0 aromatic heterocycles. The molecule has 1 aromatic carbocycles. The van der Waals surface area contributed by atoms with Crippen LogP contribution < -0.4 is 4.74 Å². The maximum Gasteiger partial charge on any atom is 0.303 e. The topological polar surface area (TPSA) is 46.5 Å². The Labute approximate surface area is 114 Å². The van der Waals surface area contributed by atoms with E-state index < -0.39 is 5.97 Å². The predicted octanol–water partition coefficient (Wildman–Crippen LogP) is 3.50. The predicted molar refractivity (Wildman–Crippen MR) is 74.7 cm³/mol. The summed E-state index contributed by atoms with van der Waals surface area (Å²) >= 11 is 0. The van der Waals surface area contributed by atoms with Gasteiger partial charge in [0.25, 0.3) is 0 Å². The van der Waals surface area contributed by atoms with Gasteiger partial charge in [-0.05, 0) is 56.6 Å². The summed E-state index contributed by atoms with van der Waals surface area (Å²) in [5.41, 5.74) is 3.52. The fraction of sp³-hybridized carbons (Fsp3) is 0.562. The van der Waals surface area contributed by atoms with E-state index in [4.69, 9.17) is 9.84 Å². The van der Waals surface area contributed by atoms with E-state index in [1.165, 1.54) is 18.4 Å². The lowest BCUT2D eigenvalue weighted by atomic mass is 10.0. The van der Waals surface area contributed by atoms with E-state index in [1.807, 2.05) is 0 Å². The third kappa shape index (κ3) is 4.27. The van der Waals surface area contributed by atoms with Crippen molar-refractivity contribution in [1.29, 1.82) is 0 Å². The smallest absolute Gasteiger partial charge is 0.303 e. The zero-order valence-corrected chi connectivity index (χ0v) is 11.7. The van der Waals surface area contributed by atoms with Crippen molar-refractivity contribution in [3.8, 4) is 5.75 Å². The molecule has 2 rings (SSSR count). The number of hydrogen-bond donors (Lipinski definition) is 1. The Balaban J connectivity index is 2.05. The van der Waals surface area contributed by atoms with Gasteiger partial charge in [-0.3, -0.25) is 4.79 Å². The Morgan fingerprint density at radius 2 is 2.11 bits per heavy atom. The van der Waals surface area contributed by atoms with Gasteiger partial charge >= 0.3 is 5.97 Å². The minimum Gasteiger partial charge on any atom is -0.493 e. The van der Waals surface area contributed by atoms with E-state index in [0.29, 0.717) is 6.42 Å². The molecule has 0 heterocycles. The molecular formula is C16H22O3. The molecule has 1 N–H and O–H groups in total. The number of aryl methyl sites for hydroxylation is 3. The Morgan fingerprint density at radius 1 is 1.37 bits per heavy atom. The molecule has 0 atom stereocenters. The molecule has 1 aliphatic carbocycles. The Kier molecular flexibility index (Phi) is 4.46. The second-order valence-electron chi connectivity index (χ2n) is 5.57. The van der Waals surface area contributed by atoms with Crippen LogP contribution in [0.4, 0.5) is 0 Å². The summed E-state index contributed by atoms with van der Waals surface area (Å²) in [6, 6.07) is 4.25. The SMILES string of the molecule is Cc1cc(C)c(OCC2CC2)c(CCCC(=O)O)c1. The average molecular weight is 262 g/mol. The van der Waals surface area contributed by atoms with E-state index in [0.717, 1.165) is 35.8 Å². The summed E-state index contributed by atoms with van der Waals surface area (Å²) in [5, 5.41) is 8.72. The summed E-state index contributed by atoms with van der Waals surface area (Å²) in [5.74, 6) is 0.972. The number of hydrogen-bond acceptors (Lipinski definition) is 2. The van der Waals surface area contributed by atoms with Crippen molar-refractivity contribution in [3.05, 3.63) is 28.8 Å². The van der Waals surface area contributed by atoms with Crippen molar-refractivity contribution in [2.75, 3.05) is 6.61 Å². The third-order valence-electron chi connectivity index (χ3n) is 3.49. The zero-order valence-electron chi connectivity index (χ0n) is 11.7. The quantitative estimate of drug-likeness (QED) is 0.818. The van der Waals surface area contributed by atoms with Gasteiger partial charge in [0, 0.05) is 6.42 Å². The summed E-state index contributed by atoms with van der Waals surface area (Å²) < 4.78 is 5.96. The van der Waals surface area contributed by atoms with E-state index in [2.05, 4.69) is 26.0 Å². The van der Waals surface area contributed by atoms with Crippen molar-refractivity contribution in [2.45, 2.75) is 46.0 Å². The number of aliphatic carboxylic acids is 1. The lowest BCUT2D eigenvalue weighted by molar-refractivity contribution is -0.137. The lowest BCUT2D eigenvalue weighted by Gasteiger charge is -2.15. The van der Waals surface area contributed by atoms with Crippen LogP contribution in [0.25, 0.3) is 0 Å². The molecule has 1 fully saturated rings. The minimum atomic E-state index is -0.732. The maximum atomic E-state index is 10.6.